The molecule has 0 aromatic heterocycles. The minimum absolute atomic E-state index is 0.167. The summed E-state index contributed by atoms with van der Waals surface area (Å²) >= 11 is 0. The molecule has 0 aliphatic rings. The Hall–Kier alpha value is -1.09. The van der Waals surface area contributed by atoms with Crippen LogP contribution in [0.2, 0.25) is 0 Å². The molecule has 0 radical (unpaired) electrons. The molecule has 1 N–H and O–H groups in total. The smallest absolute Gasteiger partial charge is 0.302 e. The van der Waals surface area contributed by atoms with Gasteiger partial charge in [0.15, 0.2) is 0 Å². The first kappa shape index (κ1) is 18.3. The van der Waals surface area contributed by atoms with Gasteiger partial charge in [0.2, 0.25) is 0 Å². The van der Waals surface area contributed by atoms with E-state index in [0.717, 1.165) is 12.8 Å². The van der Waals surface area contributed by atoms with Crippen LogP contribution in [0.3, 0.4) is 0 Å². The minimum atomic E-state index is -0.211. The van der Waals surface area contributed by atoms with E-state index in [4.69, 9.17) is 5.11 Å². The van der Waals surface area contributed by atoms with Gasteiger partial charge in [-0.1, -0.05) is 23.3 Å². The molecule has 0 rings (SSSR count). The molecule has 0 aliphatic heterocycles. The van der Waals surface area contributed by atoms with Gasteiger partial charge in [0.1, 0.15) is 0 Å². The highest BCUT2D eigenvalue weighted by atomic mass is 16.5. The van der Waals surface area contributed by atoms with Gasteiger partial charge in [-0.3, -0.25) is 4.79 Å². The quantitative estimate of drug-likeness (QED) is 0.594. The zero-order valence-electron chi connectivity index (χ0n) is 11.7. The van der Waals surface area contributed by atoms with Gasteiger partial charge in [-0.2, -0.15) is 0 Å². The number of carbonyl (C=O) groups excluding carboxylic acids is 1. The number of rotatable bonds is 5. The molecule has 0 heterocycles. The molecule has 0 bridgehead atoms. The highest BCUT2D eigenvalue weighted by Gasteiger charge is 1.86. The maximum atomic E-state index is 9.82. The molecule has 3 heteroatoms. The Bertz CT molecular complexity index is 248. The molecule has 100 valence electrons. The predicted molar refractivity (Wildman–Crippen MR) is 71.8 cm³/mol. The second-order valence-electron chi connectivity index (χ2n) is 3.98. The van der Waals surface area contributed by atoms with Crippen LogP contribution < -0.4 is 0 Å². The summed E-state index contributed by atoms with van der Waals surface area (Å²) in [4.78, 5) is 9.82. The summed E-state index contributed by atoms with van der Waals surface area (Å²) in [5.41, 5.74) is 2.63. The van der Waals surface area contributed by atoms with Crippen LogP contribution in [-0.4, -0.2) is 24.3 Å². The van der Waals surface area contributed by atoms with E-state index in [1.54, 1.807) is 6.92 Å². The van der Waals surface area contributed by atoms with Crippen molar-refractivity contribution in [1.29, 1.82) is 0 Å². The number of aliphatic hydroxyl groups excluding tert-OH is 1. The van der Waals surface area contributed by atoms with Crippen molar-refractivity contribution >= 4 is 5.97 Å². The van der Waals surface area contributed by atoms with Crippen molar-refractivity contribution in [2.75, 3.05) is 13.2 Å². The Morgan fingerprint density at radius 1 is 1.18 bits per heavy atom. The molecule has 0 spiro atoms. The second-order valence-corrected chi connectivity index (χ2v) is 3.98. The number of carbonyl (C=O) groups is 1. The van der Waals surface area contributed by atoms with Crippen molar-refractivity contribution in [1.82, 2.24) is 0 Å². The normalized spacial score (nSPS) is 10.1. The van der Waals surface area contributed by atoms with Crippen molar-refractivity contribution in [3.05, 3.63) is 23.3 Å². The third-order valence-electron chi connectivity index (χ3n) is 1.88. The third kappa shape index (κ3) is 20.9. The first-order valence-electron chi connectivity index (χ1n) is 5.97. The summed E-state index contributed by atoms with van der Waals surface area (Å²) in [6.45, 7) is 10.1. The van der Waals surface area contributed by atoms with Gasteiger partial charge in [0, 0.05) is 6.92 Å². The van der Waals surface area contributed by atoms with Gasteiger partial charge < -0.3 is 9.84 Å². The van der Waals surface area contributed by atoms with E-state index in [2.05, 4.69) is 31.6 Å². The number of ether oxygens (including phenoxy) is 1. The van der Waals surface area contributed by atoms with Crippen LogP contribution in [-0.2, 0) is 9.53 Å². The number of aliphatic hydroxyl groups is 1. The van der Waals surface area contributed by atoms with Crippen molar-refractivity contribution < 1.29 is 14.6 Å². The number of allylic oxidation sites excluding steroid dienone is 3. The van der Waals surface area contributed by atoms with Crippen molar-refractivity contribution in [2.45, 2.75) is 47.5 Å². The van der Waals surface area contributed by atoms with E-state index >= 15 is 0 Å². The number of hydrogen-bond acceptors (Lipinski definition) is 3. The van der Waals surface area contributed by atoms with Crippen molar-refractivity contribution in [3.8, 4) is 0 Å². The first-order chi connectivity index (χ1) is 7.93. The van der Waals surface area contributed by atoms with Crippen LogP contribution in [0.4, 0.5) is 0 Å². The van der Waals surface area contributed by atoms with Gasteiger partial charge in [-0.05, 0) is 40.5 Å². The second kappa shape index (κ2) is 13.0. The monoisotopic (exact) mass is 242 g/mol. The molecule has 0 saturated carbocycles. The molecule has 0 unspecified atom stereocenters. The average Bonchev–Trinajstić information content (AvgIpc) is 2.18. The zero-order chi connectivity index (χ0) is 13.7. The summed E-state index contributed by atoms with van der Waals surface area (Å²) < 4.78 is 4.40. The Kier molecular flexibility index (Phi) is 14.0. The standard InChI is InChI=1S/C10H18O.C4H8O2/c1-9(2)5-4-6-10(3)7-8-11;1-3-6-4(2)5/h5,7,11H,4,6,8H2,1-3H3;3H2,1-2H3/b10-7+;. The topological polar surface area (TPSA) is 46.5 Å². The molecule has 0 saturated heterocycles. The van der Waals surface area contributed by atoms with E-state index < -0.39 is 0 Å². The lowest BCUT2D eigenvalue weighted by atomic mass is 10.1. The summed E-state index contributed by atoms with van der Waals surface area (Å²) in [6, 6.07) is 0. The molecule has 17 heavy (non-hydrogen) atoms. The van der Waals surface area contributed by atoms with Crippen LogP contribution in [0.15, 0.2) is 23.3 Å². The Labute approximate surface area is 105 Å². The molecule has 0 fully saturated rings. The van der Waals surface area contributed by atoms with Crippen LogP contribution in [0.5, 0.6) is 0 Å². The number of hydrogen-bond donors (Lipinski definition) is 1. The van der Waals surface area contributed by atoms with Crippen LogP contribution >= 0.6 is 0 Å². The largest absolute Gasteiger partial charge is 0.466 e. The summed E-state index contributed by atoms with van der Waals surface area (Å²) in [6.07, 6.45) is 6.23. The predicted octanol–water partition coefficient (Wildman–Crippen LogP) is 3.24. The van der Waals surface area contributed by atoms with Gasteiger partial charge in [-0.25, -0.2) is 0 Å². The lowest BCUT2D eigenvalue weighted by Crippen LogP contribution is -1.95. The van der Waals surface area contributed by atoms with E-state index in [-0.39, 0.29) is 12.6 Å². The Balaban J connectivity index is 0. The first-order valence-corrected chi connectivity index (χ1v) is 5.97. The molecular formula is C14H26O3. The summed E-state index contributed by atoms with van der Waals surface area (Å²) in [7, 11) is 0. The van der Waals surface area contributed by atoms with Gasteiger partial charge in [0.25, 0.3) is 0 Å². The fourth-order valence-electron chi connectivity index (χ4n) is 1.05. The molecule has 0 aromatic rings. The van der Waals surface area contributed by atoms with Crippen LogP contribution in [0.25, 0.3) is 0 Å². The summed E-state index contributed by atoms with van der Waals surface area (Å²) in [5.74, 6) is -0.211. The highest BCUT2D eigenvalue weighted by molar-refractivity contribution is 5.65. The Morgan fingerprint density at radius 3 is 2.06 bits per heavy atom. The molecule has 0 aliphatic carbocycles. The Morgan fingerprint density at radius 2 is 1.76 bits per heavy atom. The zero-order valence-corrected chi connectivity index (χ0v) is 11.7. The summed E-state index contributed by atoms with van der Waals surface area (Å²) in [5, 5.41) is 8.55. The van der Waals surface area contributed by atoms with Gasteiger partial charge >= 0.3 is 5.97 Å². The van der Waals surface area contributed by atoms with E-state index in [9.17, 15) is 4.79 Å². The van der Waals surface area contributed by atoms with Gasteiger partial charge in [0.05, 0.1) is 13.2 Å². The lowest BCUT2D eigenvalue weighted by Gasteiger charge is -1.96. The molecule has 0 aromatic carbocycles. The van der Waals surface area contributed by atoms with Gasteiger partial charge in [-0.15, -0.1) is 0 Å². The molecule has 0 atom stereocenters. The fraction of sp³-hybridized carbons (Fsp3) is 0.643. The number of esters is 1. The SMILES string of the molecule is CC(C)=CCC/C(C)=C/CO.CCOC(C)=O. The van der Waals surface area contributed by atoms with E-state index in [1.807, 2.05) is 6.08 Å². The molecular weight excluding hydrogens is 216 g/mol. The van der Waals surface area contributed by atoms with Crippen LogP contribution in [0.1, 0.15) is 47.5 Å². The maximum Gasteiger partial charge on any atom is 0.302 e. The average molecular weight is 242 g/mol. The minimum Gasteiger partial charge on any atom is -0.466 e. The van der Waals surface area contributed by atoms with Crippen LogP contribution in [0, 0.1) is 0 Å². The van der Waals surface area contributed by atoms with Crippen molar-refractivity contribution in [2.24, 2.45) is 0 Å². The third-order valence-corrected chi connectivity index (χ3v) is 1.88. The fourth-order valence-corrected chi connectivity index (χ4v) is 1.05. The molecule has 0 amide bonds. The van der Waals surface area contributed by atoms with Crippen molar-refractivity contribution in [3.63, 3.8) is 0 Å². The molecule has 3 nitrogen and oxygen atoms in total. The maximum absolute atomic E-state index is 9.82. The highest BCUT2D eigenvalue weighted by Crippen LogP contribution is 2.05. The lowest BCUT2D eigenvalue weighted by molar-refractivity contribution is -0.140. The van der Waals surface area contributed by atoms with E-state index in [1.165, 1.54) is 18.1 Å². The van der Waals surface area contributed by atoms with E-state index in [0.29, 0.717) is 6.61 Å².